The van der Waals surface area contributed by atoms with Crippen molar-refractivity contribution in [2.75, 3.05) is 5.73 Å². The van der Waals surface area contributed by atoms with Crippen molar-refractivity contribution in [3.8, 4) is 0 Å². The molecule has 19 heavy (non-hydrogen) atoms. The number of hydrogen-bond donors (Lipinski definition) is 1. The average Bonchev–Trinajstić information content (AvgIpc) is 2.36. The van der Waals surface area contributed by atoms with Gasteiger partial charge in [0.2, 0.25) is 0 Å². The Morgan fingerprint density at radius 1 is 1.26 bits per heavy atom. The zero-order valence-corrected chi connectivity index (χ0v) is 11.2. The summed E-state index contributed by atoms with van der Waals surface area (Å²) in [6.07, 6.45) is 0.215. The lowest BCUT2D eigenvalue weighted by molar-refractivity contribution is 0.0993. The first-order valence-electron chi connectivity index (χ1n) is 5.80. The molecule has 2 rings (SSSR count). The van der Waals surface area contributed by atoms with E-state index < -0.39 is 0 Å². The highest BCUT2D eigenvalue weighted by molar-refractivity contribution is 6.33. The largest absolute Gasteiger partial charge is 0.398 e. The molecule has 2 nitrogen and oxygen atoms in total. The maximum Gasteiger partial charge on any atom is 0.167 e. The fourth-order valence-electron chi connectivity index (χ4n) is 1.85. The fourth-order valence-corrected chi connectivity index (χ4v) is 1.97. The van der Waals surface area contributed by atoms with Crippen molar-refractivity contribution in [1.29, 1.82) is 0 Å². The van der Waals surface area contributed by atoms with E-state index in [1.54, 1.807) is 31.2 Å². The molecule has 0 saturated heterocycles. The molecule has 2 aromatic rings. The number of carbonyl (C=O) groups excluding carboxylic acids is 1. The first kappa shape index (κ1) is 13.6. The van der Waals surface area contributed by atoms with E-state index in [0.717, 1.165) is 11.1 Å². The van der Waals surface area contributed by atoms with Crippen molar-refractivity contribution in [2.24, 2.45) is 0 Å². The summed E-state index contributed by atoms with van der Waals surface area (Å²) in [4.78, 5) is 12.1. The SMILES string of the molecule is Cc1cc(F)ccc1CC(=O)c1ccc(Cl)c(N)c1. The van der Waals surface area contributed by atoms with Crippen LogP contribution < -0.4 is 5.73 Å². The second kappa shape index (κ2) is 5.41. The van der Waals surface area contributed by atoms with Gasteiger partial charge >= 0.3 is 0 Å². The Morgan fingerprint density at radius 2 is 2.00 bits per heavy atom. The number of ketones is 1. The number of nitrogen functional groups attached to an aromatic ring is 1. The molecular weight excluding hydrogens is 265 g/mol. The second-order valence-corrected chi connectivity index (χ2v) is 4.81. The molecule has 0 radical (unpaired) electrons. The van der Waals surface area contributed by atoms with Gasteiger partial charge in [-0.05, 0) is 48.4 Å². The summed E-state index contributed by atoms with van der Waals surface area (Å²) in [6, 6.07) is 9.19. The van der Waals surface area contributed by atoms with Crippen LogP contribution in [0.3, 0.4) is 0 Å². The van der Waals surface area contributed by atoms with E-state index in [4.69, 9.17) is 17.3 Å². The Balaban J connectivity index is 2.23. The minimum absolute atomic E-state index is 0.0712. The van der Waals surface area contributed by atoms with Gasteiger partial charge in [0.15, 0.2) is 5.78 Å². The van der Waals surface area contributed by atoms with Crippen LogP contribution >= 0.6 is 11.6 Å². The summed E-state index contributed by atoms with van der Waals surface area (Å²) in [5.74, 6) is -0.373. The minimum Gasteiger partial charge on any atom is -0.398 e. The van der Waals surface area contributed by atoms with Gasteiger partial charge in [-0.1, -0.05) is 17.7 Å². The van der Waals surface area contributed by atoms with Crippen molar-refractivity contribution in [3.63, 3.8) is 0 Å². The third-order valence-corrected chi connectivity index (χ3v) is 3.32. The number of halogens is 2. The van der Waals surface area contributed by atoms with Gasteiger partial charge in [-0.25, -0.2) is 4.39 Å². The number of Topliss-reactive ketones (excluding diaryl/α,β-unsaturated/α-hetero) is 1. The lowest BCUT2D eigenvalue weighted by Gasteiger charge is -2.06. The molecule has 4 heteroatoms. The van der Waals surface area contributed by atoms with Crippen LogP contribution in [0.4, 0.5) is 10.1 Å². The van der Waals surface area contributed by atoms with Crippen LogP contribution in [-0.2, 0) is 6.42 Å². The van der Waals surface area contributed by atoms with E-state index in [1.165, 1.54) is 12.1 Å². The van der Waals surface area contributed by atoms with Crippen LogP contribution in [0.5, 0.6) is 0 Å². The zero-order valence-electron chi connectivity index (χ0n) is 10.4. The number of carbonyl (C=O) groups is 1. The van der Waals surface area contributed by atoms with Gasteiger partial charge in [-0.3, -0.25) is 4.79 Å². The molecule has 0 unspecified atom stereocenters. The van der Waals surface area contributed by atoms with Gasteiger partial charge in [-0.2, -0.15) is 0 Å². The predicted molar refractivity (Wildman–Crippen MR) is 75.0 cm³/mol. The molecule has 0 aliphatic rings. The molecule has 2 aromatic carbocycles. The Kier molecular flexibility index (Phi) is 3.86. The topological polar surface area (TPSA) is 43.1 Å². The molecular formula is C15H13ClFNO. The van der Waals surface area contributed by atoms with Gasteiger partial charge in [0.1, 0.15) is 5.82 Å². The molecule has 0 saturated carbocycles. The van der Waals surface area contributed by atoms with E-state index in [0.29, 0.717) is 16.3 Å². The fraction of sp³-hybridized carbons (Fsp3) is 0.133. The molecule has 0 bridgehead atoms. The molecule has 0 heterocycles. The lowest BCUT2D eigenvalue weighted by atomic mass is 9.99. The van der Waals surface area contributed by atoms with Crippen LogP contribution in [0.2, 0.25) is 5.02 Å². The van der Waals surface area contributed by atoms with Gasteiger partial charge in [0.25, 0.3) is 0 Å². The van der Waals surface area contributed by atoms with E-state index in [9.17, 15) is 9.18 Å². The van der Waals surface area contributed by atoms with E-state index in [-0.39, 0.29) is 18.0 Å². The Bertz CT molecular complexity index is 640. The highest BCUT2D eigenvalue weighted by atomic mass is 35.5. The van der Waals surface area contributed by atoms with Crippen LogP contribution in [0.25, 0.3) is 0 Å². The third-order valence-electron chi connectivity index (χ3n) is 2.97. The summed E-state index contributed by atoms with van der Waals surface area (Å²) in [7, 11) is 0. The van der Waals surface area contributed by atoms with Crippen molar-refractivity contribution in [3.05, 3.63) is 63.9 Å². The lowest BCUT2D eigenvalue weighted by Crippen LogP contribution is -2.06. The van der Waals surface area contributed by atoms with Gasteiger partial charge < -0.3 is 5.73 Å². The van der Waals surface area contributed by atoms with Gasteiger partial charge in [0, 0.05) is 12.0 Å². The number of aryl methyl sites for hydroxylation is 1. The van der Waals surface area contributed by atoms with Crippen molar-refractivity contribution >= 4 is 23.1 Å². The molecule has 0 amide bonds. The smallest absolute Gasteiger partial charge is 0.167 e. The summed E-state index contributed by atoms with van der Waals surface area (Å²) in [5.41, 5.74) is 8.12. The number of hydrogen-bond acceptors (Lipinski definition) is 2. The Hall–Kier alpha value is -1.87. The van der Waals surface area contributed by atoms with Crippen molar-refractivity contribution in [2.45, 2.75) is 13.3 Å². The van der Waals surface area contributed by atoms with Crippen LogP contribution in [0.1, 0.15) is 21.5 Å². The Morgan fingerprint density at radius 3 is 2.63 bits per heavy atom. The molecule has 98 valence electrons. The number of rotatable bonds is 3. The molecule has 0 atom stereocenters. The number of anilines is 1. The van der Waals surface area contributed by atoms with Crippen LogP contribution in [0.15, 0.2) is 36.4 Å². The zero-order chi connectivity index (χ0) is 14.0. The molecule has 0 fully saturated rings. The first-order valence-corrected chi connectivity index (χ1v) is 6.18. The highest BCUT2D eigenvalue weighted by Crippen LogP contribution is 2.21. The van der Waals surface area contributed by atoms with Gasteiger partial charge in [-0.15, -0.1) is 0 Å². The molecule has 0 aliphatic carbocycles. The highest BCUT2D eigenvalue weighted by Gasteiger charge is 2.10. The monoisotopic (exact) mass is 277 g/mol. The average molecular weight is 278 g/mol. The first-order chi connectivity index (χ1) is 8.97. The standard InChI is InChI=1S/C15H13ClFNO/c1-9-6-12(17)4-2-10(9)8-15(19)11-3-5-13(16)14(18)7-11/h2-7H,8,18H2,1H3. The third kappa shape index (κ3) is 3.12. The van der Waals surface area contributed by atoms with E-state index >= 15 is 0 Å². The Labute approximate surface area is 116 Å². The van der Waals surface area contributed by atoms with Gasteiger partial charge in [0.05, 0.1) is 10.7 Å². The van der Waals surface area contributed by atoms with E-state index in [2.05, 4.69) is 0 Å². The summed E-state index contributed by atoms with van der Waals surface area (Å²) in [6.45, 7) is 1.78. The van der Waals surface area contributed by atoms with Crippen LogP contribution in [-0.4, -0.2) is 5.78 Å². The maximum atomic E-state index is 13.0. The summed E-state index contributed by atoms with van der Waals surface area (Å²) in [5, 5.41) is 0.425. The summed E-state index contributed by atoms with van der Waals surface area (Å²) < 4.78 is 13.0. The number of benzene rings is 2. The second-order valence-electron chi connectivity index (χ2n) is 4.41. The minimum atomic E-state index is -0.301. The van der Waals surface area contributed by atoms with E-state index in [1.807, 2.05) is 0 Å². The molecule has 0 spiro atoms. The summed E-state index contributed by atoms with van der Waals surface area (Å²) >= 11 is 5.81. The van der Waals surface area contributed by atoms with Crippen LogP contribution in [0, 0.1) is 12.7 Å². The quantitative estimate of drug-likeness (QED) is 0.685. The number of nitrogens with two attached hydrogens (primary N) is 1. The molecule has 2 N–H and O–H groups in total. The predicted octanol–water partition coefficient (Wildman–Crippen LogP) is 3.80. The maximum absolute atomic E-state index is 13.0. The van der Waals surface area contributed by atoms with Crippen molar-refractivity contribution < 1.29 is 9.18 Å². The molecule has 0 aromatic heterocycles. The normalized spacial score (nSPS) is 10.5. The van der Waals surface area contributed by atoms with Crippen molar-refractivity contribution in [1.82, 2.24) is 0 Å². The molecule has 0 aliphatic heterocycles.